The van der Waals surface area contributed by atoms with Gasteiger partial charge in [0.05, 0.1) is 4.90 Å². The molecule has 0 amide bonds. The molecule has 4 nitrogen and oxygen atoms in total. The lowest BCUT2D eigenvalue weighted by Gasteiger charge is -2.31. The molecule has 20 heavy (non-hydrogen) atoms. The third-order valence-electron chi connectivity index (χ3n) is 3.02. The Morgan fingerprint density at radius 3 is 2.35 bits per heavy atom. The van der Waals surface area contributed by atoms with Gasteiger partial charge in [0.25, 0.3) is 0 Å². The zero-order valence-corrected chi connectivity index (χ0v) is 13.7. The van der Waals surface area contributed by atoms with Gasteiger partial charge in [-0.25, -0.2) is 13.1 Å². The molecule has 0 spiro atoms. The van der Waals surface area contributed by atoms with Crippen LogP contribution in [0.2, 0.25) is 0 Å². The maximum atomic E-state index is 12.3. The second kappa shape index (κ2) is 7.20. The fourth-order valence-corrected chi connectivity index (χ4v) is 3.66. The van der Waals surface area contributed by atoms with E-state index in [1.807, 2.05) is 27.0 Å². The normalized spacial score (nSPS) is 12.8. The number of hydrogen-bond donors (Lipinski definition) is 1. The predicted octanol–water partition coefficient (Wildman–Crippen LogP) is 2.48. The van der Waals surface area contributed by atoms with E-state index in [9.17, 15) is 8.42 Å². The number of nitrogens with one attached hydrogen (secondary N) is 1. The van der Waals surface area contributed by atoms with Gasteiger partial charge in [-0.3, -0.25) is 0 Å². The number of benzene rings is 1. The molecule has 0 atom stereocenters. The number of rotatable bonds is 8. The lowest BCUT2D eigenvalue weighted by atomic mass is 10.1. The van der Waals surface area contributed by atoms with E-state index in [0.29, 0.717) is 11.4 Å². The SMILES string of the molecule is CCCCN(C)CC(C)(C)NS(=O)(=O)c1ccccc1. The topological polar surface area (TPSA) is 49.4 Å². The summed E-state index contributed by atoms with van der Waals surface area (Å²) in [5.74, 6) is 0. The van der Waals surface area contributed by atoms with Crippen molar-refractivity contribution in [1.82, 2.24) is 9.62 Å². The van der Waals surface area contributed by atoms with Crippen LogP contribution >= 0.6 is 0 Å². The van der Waals surface area contributed by atoms with E-state index in [0.717, 1.165) is 19.4 Å². The van der Waals surface area contributed by atoms with Crippen LogP contribution in [0.3, 0.4) is 0 Å². The molecule has 0 fully saturated rings. The van der Waals surface area contributed by atoms with Crippen molar-refractivity contribution < 1.29 is 8.42 Å². The molecule has 0 aliphatic heterocycles. The van der Waals surface area contributed by atoms with Gasteiger partial charge < -0.3 is 4.90 Å². The summed E-state index contributed by atoms with van der Waals surface area (Å²) in [6.45, 7) is 7.63. The Bertz CT molecular complexity index is 498. The van der Waals surface area contributed by atoms with Gasteiger partial charge in [-0.15, -0.1) is 0 Å². The molecule has 5 heteroatoms. The molecule has 0 aliphatic carbocycles. The molecule has 0 aliphatic rings. The maximum Gasteiger partial charge on any atom is 0.241 e. The van der Waals surface area contributed by atoms with Gasteiger partial charge in [0.15, 0.2) is 0 Å². The molecular formula is C15H26N2O2S. The largest absolute Gasteiger partial charge is 0.305 e. The predicted molar refractivity (Wildman–Crippen MR) is 83.2 cm³/mol. The molecule has 1 aromatic rings. The highest BCUT2D eigenvalue weighted by Crippen LogP contribution is 2.13. The number of unbranched alkanes of at least 4 members (excludes halogenated alkanes) is 1. The van der Waals surface area contributed by atoms with Gasteiger partial charge in [0.2, 0.25) is 10.0 Å². The fourth-order valence-electron chi connectivity index (χ4n) is 2.24. The Hall–Kier alpha value is -0.910. The second-order valence-corrected chi connectivity index (χ2v) is 7.58. The standard InChI is InChI=1S/C15H26N2O2S/c1-5-6-12-17(4)13-15(2,3)16-20(18,19)14-10-8-7-9-11-14/h7-11,16H,5-6,12-13H2,1-4H3. The lowest BCUT2D eigenvalue weighted by molar-refractivity contribution is 0.253. The summed E-state index contributed by atoms with van der Waals surface area (Å²) in [4.78, 5) is 2.47. The Morgan fingerprint density at radius 1 is 1.20 bits per heavy atom. The molecule has 1 rings (SSSR count). The van der Waals surface area contributed by atoms with Crippen molar-refractivity contribution in [3.63, 3.8) is 0 Å². The first kappa shape index (κ1) is 17.1. The number of likely N-dealkylation sites (N-methyl/N-ethyl adjacent to an activating group) is 1. The number of sulfonamides is 1. The van der Waals surface area contributed by atoms with Crippen molar-refractivity contribution >= 4 is 10.0 Å². The third-order valence-corrected chi connectivity index (χ3v) is 4.74. The van der Waals surface area contributed by atoms with Crippen LogP contribution in [0, 0.1) is 0 Å². The minimum Gasteiger partial charge on any atom is -0.305 e. The molecule has 1 aromatic carbocycles. The highest BCUT2D eigenvalue weighted by atomic mass is 32.2. The van der Waals surface area contributed by atoms with Crippen LogP contribution in [0.1, 0.15) is 33.6 Å². The quantitative estimate of drug-likeness (QED) is 0.802. The lowest BCUT2D eigenvalue weighted by Crippen LogP contribution is -2.50. The smallest absolute Gasteiger partial charge is 0.241 e. The molecule has 0 saturated heterocycles. The first-order valence-electron chi connectivity index (χ1n) is 7.04. The Balaban J connectivity index is 2.70. The highest BCUT2D eigenvalue weighted by molar-refractivity contribution is 7.89. The molecular weight excluding hydrogens is 272 g/mol. The van der Waals surface area contributed by atoms with E-state index >= 15 is 0 Å². The molecule has 0 aromatic heterocycles. The van der Waals surface area contributed by atoms with Crippen LogP contribution in [0.15, 0.2) is 35.2 Å². The Labute approximate surface area is 123 Å². The number of nitrogens with zero attached hydrogens (tertiary/aromatic N) is 1. The Morgan fingerprint density at radius 2 is 1.80 bits per heavy atom. The molecule has 1 N–H and O–H groups in total. The van der Waals surface area contributed by atoms with E-state index in [2.05, 4.69) is 16.5 Å². The summed E-state index contributed by atoms with van der Waals surface area (Å²) in [7, 11) is -1.44. The molecule has 0 saturated carbocycles. The Kier molecular flexibility index (Phi) is 6.17. The first-order valence-corrected chi connectivity index (χ1v) is 8.53. The summed E-state index contributed by atoms with van der Waals surface area (Å²) in [6, 6.07) is 8.49. The average molecular weight is 298 g/mol. The van der Waals surface area contributed by atoms with Crippen molar-refractivity contribution in [2.45, 2.75) is 44.0 Å². The minimum atomic E-state index is -3.46. The second-order valence-electron chi connectivity index (χ2n) is 5.89. The third kappa shape index (κ3) is 5.61. The van der Waals surface area contributed by atoms with Crippen LogP contribution in [-0.2, 0) is 10.0 Å². The van der Waals surface area contributed by atoms with Crippen LogP contribution in [0.25, 0.3) is 0 Å². The number of hydrogen-bond acceptors (Lipinski definition) is 3. The minimum absolute atomic E-state index is 0.310. The highest BCUT2D eigenvalue weighted by Gasteiger charge is 2.27. The van der Waals surface area contributed by atoms with Gasteiger partial charge in [-0.2, -0.15) is 0 Å². The van der Waals surface area contributed by atoms with Crippen molar-refractivity contribution in [2.24, 2.45) is 0 Å². The molecule has 0 radical (unpaired) electrons. The first-order chi connectivity index (χ1) is 9.27. The summed E-state index contributed by atoms with van der Waals surface area (Å²) in [6.07, 6.45) is 2.26. The molecule has 0 heterocycles. The van der Waals surface area contributed by atoms with E-state index in [1.54, 1.807) is 24.3 Å². The van der Waals surface area contributed by atoms with Crippen molar-refractivity contribution in [3.8, 4) is 0 Å². The summed E-state index contributed by atoms with van der Waals surface area (Å²) < 4.78 is 27.4. The van der Waals surface area contributed by atoms with Crippen molar-refractivity contribution in [3.05, 3.63) is 30.3 Å². The summed E-state index contributed by atoms with van der Waals surface area (Å²) in [5, 5.41) is 0. The zero-order valence-electron chi connectivity index (χ0n) is 12.9. The molecule has 114 valence electrons. The molecule has 0 bridgehead atoms. The van der Waals surface area contributed by atoms with Gasteiger partial charge in [-0.05, 0) is 46.0 Å². The van der Waals surface area contributed by atoms with Gasteiger partial charge in [0.1, 0.15) is 0 Å². The van der Waals surface area contributed by atoms with E-state index in [4.69, 9.17) is 0 Å². The van der Waals surface area contributed by atoms with Gasteiger partial charge >= 0.3 is 0 Å². The van der Waals surface area contributed by atoms with E-state index in [1.165, 1.54) is 0 Å². The fraction of sp³-hybridized carbons (Fsp3) is 0.600. The monoisotopic (exact) mass is 298 g/mol. The van der Waals surface area contributed by atoms with E-state index < -0.39 is 15.6 Å². The maximum absolute atomic E-state index is 12.3. The summed E-state index contributed by atoms with van der Waals surface area (Å²) in [5.41, 5.74) is -0.503. The molecule has 0 unspecified atom stereocenters. The van der Waals surface area contributed by atoms with Gasteiger partial charge in [0, 0.05) is 12.1 Å². The van der Waals surface area contributed by atoms with Crippen LogP contribution < -0.4 is 4.72 Å². The van der Waals surface area contributed by atoms with Crippen LogP contribution in [0.5, 0.6) is 0 Å². The average Bonchev–Trinajstić information content (AvgIpc) is 2.35. The van der Waals surface area contributed by atoms with Crippen LogP contribution in [-0.4, -0.2) is 39.0 Å². The summed E-state index contributed by atoms with van der Waals surface area (Å²) >= 11 is 0. The van der Waals surface area contributed by atoms with Crippen molar-refractivity contribution in [1.29, 1.82) is 0 Å². The zero-order chi connectivity index (χ0) is 15.2. The van der Waals surface area contributed by atoms with Gasteiger partial charge in [-0.1, -0.05) is 31.5 Å². The van der Waals surface area contributed by atoms with E-state index in [-0.39, 0.29) is 0 Å². The van der Waals surface area contributed by atoms with Crippen LogP contribution in [0.4, 0.5) is 0 Å². The van der Waals surface area contributed by atoms with Crippen molar-refractivity contribution in [2.75, 3.05) is 20.1 Å².